The minimum absolute atomic E-state index is 0.243. The molecule has 1 fully saturated rings. The summed E-state index contributed by atoms with van der Waals surface area (Å²) in [6.07, 6.45) is 5.20. The van der Waals surface area contributed by atoms with Gasteiger partial charge in [-0.05, 0) is 43.5 Å². The van der Waals surface area contributed by atoms with Crippen LogP contribution in [-0.2, 0) is 0 Å². The van der Waals surface area contributed by atoms with Crippen LogP contribution >= 0.6 is 11.8 Å². The van der Waals surface area contributed by atoms with Crippen LogP contribution < -0.4 is 4.74 Å². The minimum atomic E-state index is -0.243. The Kier molecular flexibility index (Phi) is 4.20. The van der Waals surface area contributed by atoms with E-state index in [0.29, 0.717) is 18.4 Å². The molecule has 1 saturated carbocycles. The fraction of sp³-hybridized carbons (Fsp3) is 0.429. The Morgan fingerprint density at radius 3 is 2.85 bits per heavy atom. The lowest BCUT2D eigenvalue weighted by molar-refractivity contribution is 0.318. The van der Waals surface area contributed by atoms with E-state index in [4.69, 9.17) is 4.74 Å². The first kappa shape index (κ1) is 13.4. The number of hydrogen-bond donors (Lipinski definition) is 0. The Balaban J connectivity index is 1.37. The van der Waals surface area contributed by atoms with E-state index in [1.165, 1.54) is 25.0 Å². The molecule has 0 saturated heterocycles. The van der Waals surface area contributed by atoms with E-state index in [0.717, 1.165) is 17.3 Å². The number of halogens is 1. The highest BCUT2D eigenvalue weighted by Crippen LogP contribution is 2.37. The van der Waals surface area contributed by atoms with Gasteiger partial charge in [0.05, 0.1) is 6.61 Å². The van der Waals surface area contributed by atoms with Gasteiger partial charge in [0.2, 0.25) is 0 Å². The lowest BCUT2D eigenvalue weighted by atomic mass is 10.3. The van der Waals surface area contributed by atoms with Gasteiger partial charge in [-0.25, -0.2) is 4.39 Å². The van der Waals surface area contributed by atoms with Crippen molar-refractivity contribution in [2.75, 3.05) is 12.4 Å². The molecule has 3 rings (SSSR count). The van der Waals surface area contributed by atoms with Gasteiger partial charge in [-0.2, -0.15) is 0 Å². The van der Waals surface area contributed by atoms with E-state index < -0.39 is 0 Å². The fourth-order valence-electron chi connectivity index (χ4n) is 1.88. The number of hydrogen-bond acceptors (Lipinski definition) is 4. The highest BCUT2D eigenvalue weighted by Gasteiger charge is 2.25. The summed E-state index contributed by atoms with van der Waals surface area (Å²) in [5, 5.41) is 9.09. The van der Waals surface area contributed by atoms with Crippen molar-refractivity contribution in [1.29, 1.82) is 0 Å². The summed E-state index contributed by atoms with van der Waals surface area (Å²) in [7, 11) is 0. The van der Waals surface area contributed by atoms with Gasteiger partial charge in [0.1, 0.15) is 17.9 Å². The monoisotopic (exact) mass is 293 g/mol. The van der Waals surface area contributed by atoms with E-state index in [-0.39, 0.29) is 5.82 Å². The predicted molar refractivity (Wildman–Crippen MR) is 75.5 cm³/mol. The third kappa shape index (κ3) is 3.50. The summed E-state index contributed by atoms with van der Waals surface area (Å²) >= 11 is 1.71. The highest BCUT2D eigenvalue weighted by molar-refractivity contribution is 7.99. The Morgan fingerprint density at radius 2 is 2.10 bits per heavy atom. The molecule has 2 aromatic rings. The van der Waals surface area contributed by atoms with Crippen molar-refractivity contribution in [3.63, 3.8) is 0 Å². The Hall–Kier alpha value is -1.56. The van der Waals surface area contributed by atoms with Crippen LogP contribution in [0, 0.1) is 5.82 Å². The summed E-state index contributed by atoms with van der Waals surface area (Å²) < 4.78 is 20.4. The van der Waals surface area contributed by atoms with Crippen molar-refractivity contribution >= 4 is 11.8 Å². The maximum Gasteiger partial charge on any atom is 0.191 e. The first-order valence-corrected chi connectivity index (χ1v) is 7.72. The number of aromatic nitrogens is 3. The highest BCUT2D eigenvalue weighted by atomic mass is 32.2. The molecule has 1 aromatic heterocycles. The number of thioether (sulfide) groups is 1. The van der Waals surface area contributed by atoms with Gasteiger partial charge in [0, 0.05) is 11.8 Å². The number of ether oxygens (including phenoxy) is 1. The van der Waals surface area contributed by atoms with Crippen LogP contribution in [0.1, 0.15) is 25.3 Å². The molecular formula is C14H16FN3OS. The van der Waals surface area contributed by atoms with E-state index in [1.807, 2.05) is 6.33 Å². The minimum Gasteiger partial charge on any atom is -0.494 e. The fourth-order valence-corrected chi connectivity index (χ4v) is 2.78. The standard InChI is InChI=1S/C14H16FN3OS/c15-11-2-6-13(7-3-11)19-8-1-9-20-14-17-16-10-18(14)12-4-5-12/h2-3,6-7,10,12H,1,4-5,8-9H2. The van der Waals surface area contributed by atoms with Crippen molar-refractivity contribution in [3.8, 4) is 5.75 Å². The molecule has 0 spiro atoms. The largest absolute Gasteiger partial charge is 0.494 e. The molecule has 0 N–H and O–H groups in total. The third-order valence-corrected chi connectivity index (χ3v) is 4.13. The zero-order chi connectivity index (χ0) is 13.8. The SMILES string of the molecule is Fc1ccc(OCCCSc2nncn2C2CC2)cc1. The Labute approximate surface area is 121 Å². The quantitative estimate of drug-likeness (QED) is 0.580. The second kappa shape index (κ2) is 6.26. The first-order chi connectivity index (χ1) is 9.83. The van der Waals surface area contributed by atoms with Crippen LogP contribution in [-0.4, -0.2) is 27.1 Å². The molecule has 0 atom stereocenters. The summed E-state index contributed by atoms with van der Waals surface area (Å²) in [6.45, 7) is 0.621. The molecule has 4 nitrogen and oxygen atoms in total. The molecule has 1 aliphatic rings. The van der Waals surface area contributed by atoms with Crippen LogP contribution in [0.2, 0.25) is 0 Å². The zero-order valence-electron chi connectivity index (χ0n) is 11.0. The van der Waals surface area contributed by atoms with Gasteiger partial charge < -0.3 is 9.30 Å². The molecule has 0 radical (unpaired) electrons. The molecule has 106 valence electrons. The topological polar surface area (TPSA) is 39.9 Å². The van der Waals surface area contributed by atoms with Gasteiger partial charge >= 0.3 is 0 Å². The average Bonchev–Trinajstić information content (AvgIpc) is 3.20. The second-order valence-corrected chi connectivity index (χ2v) is 5.82. The first-order valence-electron chi connectivity index (χ1n) is 6.73. The summed E-state index contributed by atoms with van der Waals surface area (Å²) in [5.74, 6) is 1.40. The normalized spacial score (nSPS) is 14.4. The van der Waals surface area contributed by atoms with Crippen molar-refractivity contribution in [2.24, 2.45) is 0 Å². The van der Waals surface area contributed by atoms with Crippen LogP contribution in [0.5, 0.6) is 5.75 Å². The van der Waals surface area contributed by atoms with Crippen molar-refractivity contribution in [3.05, 3.63) is 36.4 Å². The molecule has 0 amide bonds. The smallest absolute Gasteiger partial charge is 0.191 e. The van der Waals surface area contributed by atoms with E-state index in [9.17, 15) is 4.39 Å². The maximum atomic E-state index is 12.7. The molecular weight excluding hydrogens is 277 g/mol. The van der Waals surface area contributed by atoms with Gasteiger partial charge in [-0.15, -0.1) is 10.2 Å². The van der Waals surface area contributed by atoms with E-state index >= 15 is 0 Å². The summed E-state index contributed by atoms with van der Waals surface area (Å²) in [4.78, 5) is 0. The molecule has 1 heterocycles. The van der Waals surface area contributed by atoms with Crippen LogP contribution in [0.25, 0.3) is 0 Å². The Morgan fingerprint density at radius 1 is 1.30 bits per heavy atom. The van der Waals surface area contributed by atoms with Crippen LogP contribution in [0.4, 0.5) is 4.39 Å². The number of nitrogens with zero attached hydrogens (tertiary/aromatic N) is 3. The number of benzene rings is 1. The molecule has 20 heavy (non-hydrogen) atoms. The van der Waals surface area contributed by atoms with Gasteiger partial charge in [0.15, 0.2) is 5.16 Å². The van der Waals surface area contributed by atoms with Crippen LogP contribution in [0.15, 0.2) is 35.7 Å². The van der Waals surface area contributed by atoms with Gasteiger partial charge in [0.25, 0.3) is 0 Å². The second-order valence-electron chi connectivity index (χ2n) is 4.76. The lowest BCUT2D eigenvalue weighted by Crippen LogP contribution is -2.00. The predicted octanol–water partition coefficient (Wildman–Crippen LogP) is 3.31. The van der Waals surface area contributed by atoms with Gasteiger partial charge in [-0.3, -0.25) is 0 Å². The van der Waals surface area contributed by atoms with Crippen molar-refractivity contribution in [2.45, 2.75) is 30.5 Å². The van der Waals surface area contributed by atoms with Crippen molar-refractivity contribution < 1.29 is 9.13 Å². The van der Waals surface area contributed by atoms with E-state index in [1.54, 1.807) is 23.9 Å². The lowest BCUT2D eigenvalue weighted by Gasteiger charge is -2.06. The molecule has 0 bridgehead atoms. The zero-order valence-corrected chi connectivity index (χ0v) is 11.9. The average molecular weight is 293 g/mol. The molecule has 1 aliphatic carbocycles. The maximum absolute atomic E-state index is 12.7. The molecule has 0 aliphatic heterocycles. The molecule has 6 heteroatoms. The molecule has 0 unspecified atom stereocenters. The Bertz CT molecular complexity index is 554. The van der Waals surface area contributed by atoms with Crippen molar-refractivity contribution in [1.82, 2.24) is 14.8 Å². The van der Waals surface area contributed by atoms with E-state index in [2.05, 4.69) is 14.8 Å². The van der Waals surface area contributed by atoms with Gasteiger partial charge in [-0.1, -0.05) is 11.8 Å². The summed E-state index contributed by atoms with van der Waals surface area (Å²) in [6, 6.07) is 6.71. The molecule has 1 aromatic carbocycles. The number of rotatable bonds is 7. The third-order valence-electron chi connectivity index (χ3n) is 3.08. The summed E-state index contributed by atoms with van der Waals surface area (Å²) in [5.41, 5.74) is 0. The van der Waals surface area contributed by atoms with Crippen LogP contribution in [0.3, 0.4) is 0 Å².